The molecule has 7 N–H and O–H groups in total. The summed E-state index contributed by atoms with van der Waals surface area (Å²) in [6.07, 6.45) is -0.486. The van der Waals surface area contributed by atoms with Gasteiger partial charge in [0.2, 0.25) is 11.8 Å². The molecule has 7 amide bonds. The number of carbonyl (C=O) groups is 8. The first-order valence-electron chi connectivity index (χ1n) is 25.4. The standard InChI is InChI=1S/C55H63N9O14/c1-7-36-37-25-35(20-21-41(37)59-45-38(36)27-64-43(45)26-40-39(49(64)68)30-76-51(70)55(40,74)8-2)78-54(73)63(6)24-23-62(5)53(72)77-29-33-16-18-34(19-17-33)58-46(65)42(15-12-22-57-52(56)71)60-47(66)44(31(3)4)61-48(67)50(69)75-28-32-13-10-9-11-14-32/h9-11,13-14,16-21,25-26,31,42,44,74H,7-8,12,15,22-24,27-30H2,1-6H3,(H,58,65)(H,60,66)(H,61,67)(H3,56,57,71)/t42-,44-,55-/m0/s1. The Labute approximate surface area is 448 Å². The Hall–Kier alpha value is -8.86. The van der Waals surface area contributed by atoms with Crippen molar-refractivity contribution in [2.45, 2.75) is 97.4 Å². The number of primary amides is 1. The molecule has 2 aliphatic heterocycles. The molecule has 0 fully saturated rings. The quantitative estimate of drug-likeness (QED) is 0.0271. The van der Waals surface area contributed by atoms with Crippen LogP contribution in [0, 0.1) is 5.92 Å². The zero-order chi connectivity index (χ0) is 56.4. The number of aromatic nitrogens is 2. The highest BCUT2D eigenvalue weighted by Gasteiger charge is 2.45. The number of hydrogen-bond donors (Lipinski definition) is 6. The number of nitrogens with zero attached hydrogens (tertiary/aromatic N) is 4. The van der Waals surface area contributed by atoms with Crippen molar-refractivity contribution in [2.24, 2.45) is 11.7 Å². The summed E-state index contributed by atoms with van der Waals surface area (Å²) in [5, 5.41) is 22.2. The molecule has 0 bridgehead atoms. The molecule has 412 valence electrons. The van der Waals surface area contributed by atoms with Gasteiger partial charge in [0, 0.05) is 55.9 Å². The number of rotatable bonds is 20. The van der Waals surface area contributed by atoms with Gasteiger partial charge in [0.05, 0.1) is 29.0 Å². The number of anilines is 1. The second-order valence-corrected chi connectivity index (χ2v) is 19.3. The highest BCUT2D eigenvalue weighted by Crippen LogP contribution is 2.41. The summed E-state index contributed by atoms with van der Waals surface area (Å²) >= 11 is 0. The van der Waals surface area contributed by atoms with Gasteiger partial charge in [0.1, 0.15) is 37.7 Å². The molecule has 5 aromatic rings. The SMILES string of the molecule is CCc1c2c(nc3ccc(OC(=O)N(C)CCN(C)C(=O)OCc4ccc(NC(=O)[C@H](CCCNC(N)=O)NC(=O)[C@@H](NC(=O)C(=O)OCc5ccccc5)C(C)C)cc4)cc13)-c1cc3c(c(=O)n1C2)COC(=O)[C@]3(O)CC. The summed E-state index contributed by atoms with van der Waals surface area (Å²) < 4.78 is 23.1. The van der Waals surface area contributed by atoms with Gasteiger partial charge in [-0.25, -0.2) is 29.0 Å². The van der Waals surface area contributed by atoms with Gasteiger partial charge in [-0.2, -0.15) is 0 Å². The molecule has 2 aromatic heterocycles. The monoisotopic (exact) mass is 1070 g/mol. The van der Waals surface area contributed by atoms with Gasteiger partial charge in [-0.3, -0.25) is 19.2 Å². The van der Waals surface area contributed by atoms with Crippen LogP contribution in [-0.2, 0) is 76.6 Å². The number of urea groups is 1. The summed E-state index contributed by atoms with van der Waals surface area (Å²) in [6, 6.07) is 18.7. The Kier molecular flexibility index (Phi) is 18.1. The average Bonchev–Trinajstić information content (AvgIpc) is 4.04. The van der Waals surface area contributed by atoms with E-state index in [-0.39, 0.29) is 87.7 Å². The zero-order valence-corrected chi connectivity index (χ0v) is 44.1. The number of esters is 2. The molecule has 0 spiro atoms. The van der Waals surface area contributed by atoms with Gasteiger partial charge >= 0.3 is 36.1 Å². The van der Waals surface area contributed by atoms with Crippen LogP contribution < -0.4 is 37.3 Å². The van der Waals surface area contributed by atoms with Crippen LogP contribution in [0.15, 0.2) is 83.7 Å². The smallest absolute Gasteiger partial charge is 0.415 e. The van der Waals surface area contributed by atoms with Crippen LogP contribution in [0.5, 0.6) is 5.75 Å². The van der Waals surface area contributed by atoms with Crippen LogP contribution in [-0.4, -0.2) is 118 Å². The molecule has 0 aliphatic carbocycles. The third-order valence-electron chi connectivity index (χ3n) is 13.5. The van der Waals surface area contributed by atoms with Crippen molar-refractivity contribution in [3.8, 4) is 17.1 Å². The molecule has 0 radical (unpaired) electrons. The lowest BCUT2D eigenvalue weighted by Gasteiger charge is -2.31. The molecule has 3 atom stereocenters. The van der Waals surface area contributed by atoms with Crippen LogP contribution in [0.2, 0.25) is 0 Å². The van der Waals surface area contributed by atoms with Crippen LogP contribution in [0.25, 0.3) is 22.3 Å². The average molecular weight is 1070 g/mol. The van der Waals surface area contributed by atoms with Crippen molar-refractivity contribution in [3.05, 3.63) is 123 Å². The number of cyclic esters (lactones) is 1. The van der Waals surface area contributed by atoms with E-state index >= 15 is 0 Å². The first-order valence-corrected chi connectivity index (χ1v) is 25.4. The van der Waals surface area contributed by atoms with Gasteiger partial charge in [0.25, 0.3) is 5.56 Å². The molecule has 4 heterocycles. The highest BCUT2D eigenvalue weighted by molar-refractivity contribution is 6.33. The minimum absolute atomic E-state index is 0.0240. The predicted molar refractivity (Wildman–Crippen MR) is 282 cm³/mol. The van der Waals surface area contributed by atoms with E-state index in [1.54, 1.807) is 104 Å². The number of aryl methyl sites for hydroxylation is 1. The number of amides is 7. The van der Waals surface area contributed by atoms with Crippen molar-refractivity contribution >= 4 is 64.5 Å². The fourth-order valence-corrected chi connectivity index (χ4v) is 9.01. The Morgan fingerprint density at radius 3 is 2.19 bits per heavy atom. The fraction of sp³-hybridized carbons (Fsp3) is 0.382. The number of ether oxygens (including phenoxy) is 4. The topological polar surface area (TPSA) is 309 Å². The molecule has 7 rings (SSSR count). The van der Waals surface area contributed by atoms with Crippen LogP contribution in [0.1, 0.15) is 80.3 Å². The van der Waals surface area contributed by atoms with E-state index in [4.69, 9.17) is 29.7 Å². The van der Waals surface area contributed by atoms with Crippen LogP contribution >= 0.6 is 0 Å². The number of fused-ring (bicyclic) bond motifs is 5. The third kappa shape index (κ3) is 13.0. The maximum atomic E-state index is 13.7. The van der Waals surface area contributed by atoms with Gasteiger partial charge in [0.15, 0.2) is 5.60 Å². The first-order chi connectivity index (χ1) is 37.2. The van der Waals surface area contributed by atoms with Crippen LogP contribution in [0.4, 0.5) is 20.1 Å². The van der Waals surface area contributed by atoms with Gasteiger partial charge in [-0.05, 0) is 84.7 Å². The molecular formula is C55H63N9O14. The molecule has 23 nitrogen and oxygen atoms in total. The highest BCUT2D eigenvalue weighted by atomic mass is 16.6. The molecule has 0 unspecified atom stereocenters. The zero-order valence-electron chi connectivity index (χ0n) is 44.1. The third-order valence-corrected chi connectivity index (χ3v) is 13.5. The predicted octanol–water partition coefficient (Wildman–Crippen LogP) is 4.10. The van der Waals surface area contributed by atoms with Crippen molar-refractivity contribution in [2.75, 3.05) is 39.0 Å². The molecule has 3 aromatic carbocycles. The second-order valence-electron chi connectivity index (χ2n) is 19.3. The van der Waals surface area contributed by atoms with Crippen molar-refractivity contribution in [3.63, 3.8) is 0 Å². The Morgan fingerprint density at radius 2 is 1.53 bits per heavy atom. The molecule has 2 aliphatic rings. The summed E-state index contributed by atoms with van der Waals surface area (Å²) in [6.45, 7) is 6.89. The minimum atomic E-state index is -1.95. The minimum Gasteiger partial charge on any atom is -0.458 e. The Morgan fingerprint density at radius 1 is 0.846 bits per heavy atom. The van der Waals surface area contributed by atoms with E-state index in [9.17, 15) is 48.3 Å². The van der Waals surface area contributed by atoms with Crippen molar-refractivity contribution < 1.29 is 62.4 Å². The largest absolute Gasteiger partial charge is 0.458 e. The van der Waals surface area contributed by atoms with Gasteiger partial charge in [-0.15, -0.1) is 0 Å². The van der Waals surface area contributed by atoms with Crippen LogP contribution in [0.3, 0.4) is 0 Å². The van der Waals surface area contributed by atoms with Gasteiger partial charge < -0.3 is 65.4 Å². The number of benzene rings is 3. The van der Waals surface area contributed by atoms with E-state index in [0.717, 1.165) is 16.5 Å². The summed E-state index contributed by atoms with van der Waals surface area (Å²) in [5.41, 5.74) is 8.23. The summed E-state index contributed by atoms with van der Waals surface area (Å²) in [4.78, 5) is 124. The second kappa shape index (κ2) is 24.9. The summed E-state index contributed by atoms with van der Waals surface area (Å²) in [5.74, 6) is -4.74. The lowest BCUT2D eigenvalue weighted by Crippen LogP contribution is -2.55. The number of nitrogens with one attached hydrogen (secondary N) is 4. The maximum absolute atomic E-state index is 13.7. The number of carbonyl (C=O) groups excluding carboxylic acids is 8. The fourth-order valence-electron chi connectivity index (χ4n) is 9.01. The number of nitrogens with two attached hydrogens (primary N) is 1. The van der Waals surface area contributed by atoms with E-state index < -0.39 is 71.5 Å². The summed E-state index contributed by atoms with van der Waals surface area (Å²) in [7, 11) is 3.04. The Bertz CT molecular complexity index is 3180. The molecular weight excluding hydrogens is 1010 g/mol. The molecule has 0 saturated carbocycles. The normalized spacial score (nSPS) is 14.8. The molecule has 23 heteroatoms. The number of aliphatic hydroxyl groups is 1. The first kappa shape index (κ1) is 56.9. The van der Waals surface area contributed by atoms with E-state index in [1.165, 1.54) is 23.9 Å². The number of hydrogen-bond acceptors (Lipinski definition) is 15. The molecule has 0 saturated heterocycles. The van der Waals surface area contributed by atoms with Crippen molar-refractivity contribution in [1.82, 2.24) is 35.3 Å². The lowest BCUT2D eigenvalue weighted by molar-refractivity contribution is -0.172. The van der Waals surface area contributed by atoms with E-state index in [0.29, 0.717) is 40.1 Å². The maximum Gasteiger partial charge on any atom is 0.415 e. The number of pyridine rings is 2. The number of likely N-dealkylation sites (N-methyl/N-ethyl adjacent to an activating group) is 2. The van der Waals surface area contributed by atoms with Crippen molar-refractivity contribution in [1.29, 1.82) is 0 Å². The van der Waals surface area contributed by atoms with E-state index in [1.807, 2.05) is 6.92 Å². The Balaban J connectivity index is 0.896. The lowest BCUT2D eigenvalue weighted by atomic mass is 9.86. The van der Waals surface area contributed by atoms with Gasteiger partial charge in [-0.1, -0.05) is 70.2 Å². The van der Waals surface area contributed by atoms with E-state index in [2.05, 4.69) is 21.3 Å². The molecule has 78 heavy (non-hydrogen) atoms.